The van der Waals surface area contributed by atoms with Gasteiger partial charge >= 0.3 is 0 Å². The van der Waals surface area contributed by atoms with Crippen molar-refractivity contribution in [2.45, 2.75) is 13.8 Å². The zero-order chi connectivity index (χ0) is 13.4. The highest BCUT2D eigenvalue weighted by atomic mass is 16.5. The zero-order valence-electron chi connectivity index (χ0n) is 11.3. The number of rotatable bonds is 2. The number of aryl methyl sites for hydroxylation is 2. The fourth-order valence-electron chi connectivity index (χ4n) is 2.21. The first kappa shape index (κ1) is 11.8. The van der Waals surface area contributed by atoms with Crippen LogP contribution in [-0.2, 0) is 0 Å². The van der Waals surface area contributed by atoms with Gasteiger partial charge in [0.1, 0.15) is 12.1 Å². The van der Waals surface area contributed by atoms with E-state index in [-0.39, 0.29) is 0 Å². The molecule has 0 fully saturated rings. The minimum atomic E-state index is 0.861. The van der Waals surface area contributed by atoms with Crippen molar-refractivity contribution in [2.75, 3.05) is 7.11 Å². The molecule has 0 N–H and O–H groups in total. The Labute approximate surface area is 112 Å². The maximum Gasteiger partial charge on any atom is 0.119 e. The Bertz CT molecular complexity index is 726. The normalized spacial score (nSPS) is 10.9. The molecular formula is C16H16N2O. The van der Waals surface area contributed by atoms with Crippen LogP contribution in [-0.4, -0.2) is 16.7 Å². The SMILES string of the molecule is COc1ccc(-n2cnc3cc(C)c(C)cc32)cc1. The fourth-order valence-corrected chi connectivity index (χ4v) is 2.21. The van der Waals surface area contributed by atoms with Crippen LogP contribution in [0.4, 0.5) is 0 Å². The molecule has 0 aliphatic rings. The molecule has 0 aliphatic heterocycles. The molecule has 1 aromatic heterocycles. The molecule has 0 unspecified atom stereocenters. The van der Waals surface area contributed by atoms with Crippen molar-refractivity contribution < 1.29 is 4.74 Å². The summed E-state index contributed by atoms with van der Waals surface area (Å²) in [5, 5.41) is 0. The number of hydrogen-bond donors (Lipinski definition) is 0. The van der Waals surface area contributed by atoms with Gasteiger partial charge in [-0.3, -0.25) is 4.57 Å². The summed E-state index contributed by atoms with van der Waals surface area (Å²) in [6, 6.07) is 12.3. The van der Waals surface area contributed by atoms with Gasteiger partial charge in [0, 0.05) is 5.69 Å². The molecule has 0 bridgehead atoms. The third-order valence-electron chi connectivity index (χ3n) is 3.51. The minimum absolute atomic E-state index is 0.861. The predicted octanol–water partition coefficient (Wildman–Crippen LogP) is 3.65. The Morgan fingerprint density at radius 1 is 1.00 bits per heavy atom. The molecule has 0 spiro atoms. The molecule has 0 amide bonds. The molecule has 1 heterocycles. The lowest BCUT2D eigenvalue weighted by Gasteiger charge is -2.07. The van der Waals surface area contributed by atoms with Gasteiger partial charge in [0.15, 0.2) is 0 Å². The molecule has 0 atom stereocenters. The van der Waals surface area contributed by atoms with Crippen molar-refractivity contribution in [2.24, 2.45) is 0 Å². The first-order chi connectivity index (χ1) is 9.19. The Hall–Kier alpha value is -2.29. The van der Waals surface area contributed by atoms with E-state index in [9.17, 15) is 0 Å². The molecule has 0 saturated carbocycles. The Balaban J connectivity index is 2.16. The van der Waals surface area contributed by atoms with E-state index in [1.54, 1.807) is 7.11 Å². The fraction of sp³-hybridized carbons (Fsp3) is 0.188. The van der Waals surface area contributed by atoms with Gasteiger partial charge in [-0.2, -0.15) is 0 Å². The second kappa shape index (κ2) is 4.43. The summed E-state index contributed by atoms with van der Waals surface area (Å²) in [7, 11) is 1.67. The Kier molecular flexibility index (Phi) is 2.75. The first-order valence-electron chi connectivity index (χ1n) is 6.28. The number of hydrogen-bond acceptors (Lipinski definition) is 2. The number of methoxy groups -OCH3 is 1. The summed E-state index contributed by atoms with van der Waals surface area (Å²) in [6.45, 7) is 4.24. The van der Waals surface area contributed by atoms with Gasteiger partial charge in [-0.1, -0.05) is 0 Å². The van der Waals surface area contributed by atoms with Gasteiger partial charge in [0.25, 0.3) is 0 Å². The van der Waals surface area contributed by atoms with Crippen LogP contribution in [0.5, 0.6) is 5.75 Å². The molecule has 0 saturated heterocycles. The third-order valence-corrected chi connectivity index (χ3v) is 3.51. The van der Waals surface area contributed by atoms with Crippen molar-refractivity contribution in [3.8, 4) is 11.4 Å². The third kappa shape index (κ3) is 1.97. The van der Waals surface area contributed by atoms with Crippen LogP contribution in [0.25, 0.3) is 16.7 Å². The van der Waals surface area contributed by atoms with Gasteiger partial charge in [-0.25, -0.2) is 4.98 Å². The molecule has 2 aromatic carbocycles. The maximum atomic E-state index is 5.18. The molecular weight excluding hydrogens is 236 g/mol. The Morgan fingerprint density at radius 3 is 2.37 bits per heavy atom. The number of benzene rings is 2. The predicted molar refractivity (Wildman–Crippen MR) is 77.1 cm³/mol. The van der Waals surface area contributed by atoms with Crippen molar-refractivity contribution >= 4 is 11.0 Å². The largest absolute Gasteiger partial charge is 0.497 e. The molecule has 3 heteroatoms. The van der Waals surface area contributed by atoms with Crippen LogP contribution in [0.1, 0.15) is 11.1 Å². The first-order valence-corrected chi connectivity index (χ1v) is 6.28. The molecule has 3 nitrogen and oxygen atoms in total. The molecule has 0 radical (unpaired) electrons. The smallest absolute Gasteiger partial charge is 0.119 e. The van der Waals surface area contributed by atoms with E-state index >= 15 is 0 Å². The van der Waals surface area contributed by atoms with Gasteiger partial charge < -0.3 is 4.74 Å². The summed E-state index contributed by atoms with van der Waals surface area (Å²) in [5.74, 6) is 0.861. The zero-order valence-corrected chi connectivity index (χ0v) is 11.3. The molecule has 96 valence electrons. The number of aromatic nitrogens is 2. The van der Waals surface area contributed by atoms with E-state index in [0.717, 1.165) is 22.5 Å². The van der Waals surface area contributed by atoms with E-state index in [2.05, 4.69) is 35.5 Å². The summed E-state index contributed by atoms with van der Waals surface area (Å²) < 4.78 is 7.28. The highest BCUT2D eigenvalue weighted by molar-refractivity contribution is 5.79. The summed E-state index contributed by atoms with van der Waals surface area (Å²) in [5.41, 5.74) is 5.80. The van der Waals surface area contributed by atoms with Crippen LogP contribution in [0.3, 0.4) is 0 Å². The standard InChI is InChI=1S/C16H16N2O/c1-11-8-15-16(9-12(11)2)18(10-17-15)13-4-6-14(19-3)7-5-13/h4-10H,1-3H3. The van der Waals surface area contributed by atoms with Gasteiger partial charge in [-0.15, -0.1) is 0 Å². The van der Waals surface area contributed by atoms with Crippen LogP contribution >= 0.6 is 0 Å². The van der Waals surface area contributed by atoms with Gasteiger partial charge in [0.2, 0.25) is 0 Å². The number of fused-ring (bicyclic) bond motifs is 1. The highest BCUT2D eigenvalue weighted by Crippen LogP contribution is 2.23. The molecule has 0 aliphatic carbocycles. The van der Waals surface area contributed by atoms with Crippen LogP contribution in [0, 0.1) is 13.8 Å². The number of imidazole rings is 1. The topological polar surface area (TPSA) is 27.1 Å². The lowest BCUT2D eigenvalue weighted by molar-refractivity contribution is 0.415. The molecule has 3 aromatic rings. The second-order valence-corrected chi connectivity index (χ2v) is 4.74. The van der Waals surface area contributed by atoms with Gasteiger partial charge in [-0.05, 0) is 61.4 Å². The summed E-state index contributed by atoms with van der Waals surface area (Å²) in [6.07, 6.45) is 1.87. The van der Waals surface area contributed by atoms with Crippen LogP contribution < -0.4 is 4.74 Å². The quantitative estimate of drug-likeness (QED) is 0.696. The summed E-state index contributed by atoms with van der Waals surface area (Å²) >= 11 is 0. The van der Waals surface area contributed by atoms with E-state index < -0.39 is 0 Å². The second-order valence-electron chi connectivity index (χ2n) is 4.74. The van der Waals surface area contributed by atoms with Gasteiger partial charge in [0.05, 0.1) is 18.1 Å². The van der Waals surface area contributed by atoms with Crippen molar-refractivity contribution in [3.63, 3.8) is 0 Å². The average molecular weight is 252 g/mol. The van der Waals surface area contributed by atoms with Crippen molar-refractivity contribution in [3.05, 3.63) is 53.9 Å². The number of nitrogens with zero attached hydrogens (tertiary/aromatic N) is 2. The van der Waals surface area contributed by atoms with Crippen molar-refractivity contribution in [1.29, 1.82) is 0 Å². The average Bonchev–Trinajstić information content (AvgIpc) is 2.82. The van der Waals surface area contributed by atoms with Crippen LogP contribution in [0.15, 0.2) is 42.7 Å². The highest BCUT2D eigenvalue weighted by Gasteiger charge is 2.06. The minimum Gasteiger partial charge on any atom is -0.497 e. The van der Waals surface area contributed by atoms with E-state index in [4.69, 9.17) is 4.74 Å². The lowest BCUT2D eigenvalue weighted by Crippen LogP contribution is -1.93. The number of ether oxygens (including phenoxy) is 1. The molecule has 3 rings (SSSR count). The Morgan fingerprint density at radius 2 is 1.68 bits per heavy atom. The van der Waals surface area contributed by atoms with E-state index in [1.165, 1.54) is 11.1 Å². The monoisotopic (exact) mass is 252 g/mol. The summed E-state index contributed by atoms with van der Waals surface area (Å²) in [4.78, 5) is 4.47. The van der Waals surface area contributed by atoms with E-state index in [1.807, 2.05) is 30.6 Å². The van der Waals surface area contributed by atoms with E-state index in [0.29, 0.717) is 0 Å². The van der Waals surface area contributed by atoms with Crippen LogP contribution in [0.2, 0.25) is 0 Å². The lowest BCUT2D eigenvalue weighted by atomic mass is 10.1. The maximum absolute atomic E-state index is 5.18. The van der Waals surface area contributed by atoms with Crippen molar-refractivity contribution in [1.82, 2.24) is 9.55 Å². The molecule has 19 heavy (non-hydrogen) atoms.